The minimum absolute atomic E-state index is 0.592. The van der Waals surface area contributed by atoms with Gasteiger partial charge in [-0.25, -0.2) is 0 Å². The van der Waals surface area contributed by atoms with Crippen LogP contribution < -0.4 is 0 Å². The van der Waals surface area contributed by atoms with Crippen LogP contribution >= 0.6 is 11.3 Å². The highest BCUT2D eigenvalue weighted by Crippen LogP contribution is 2.23. The van der Waals surface area contributed by atoms with Gasteiger partial charge in [0.05, 0.1) is 12.6 Å². The summed E-state index contributed by atoms with van der Waals surface area (Å²) in [5.74, 6) is 0. The van der Waals surface area contributed by atoms with Gasteiger partial charge in [0.15, 0.2) is 0 Å². The number of hydrogen-bond acceptors (Lipinski definition) is 3. The molecule has 1 saturated carbocycles. The Bertz CT molecular complexity index is 333. The van der Waals surface area contributed by atoms with Crippen LogP contribution in [0.2, 0.25) is 0 Å². The average Bonchev–Trinajstić information content (AvgIpc) is 2.96. The molecule has 1 aromatic heterocycles. The third-order valence-electron chi connectivity index (χ3n) is 3.38. The summed E-state index contributed by atoms with van der Waals surface area (Å²) in [6, 6.07) is 5.15. The van der Waals surface area contributed by atoms with Crippen molar-refractivity contribution < 1.29 is 0 Å². The Morgan fingerprint density at radius 1 is 1.44 bits per heavy atom. The molecule has 0 atom stereocenters. The average molecular weight is 234 g/mol. The number of nitriles is 1. The quantitative estimate of drug-likeness (QED) is 0.732. The number of thiophene rings is 1. The maximum absolute atomic E-state index is 8.86. The fourth-order valence-corrected chi connectivity index (χ4v) is 3.16. The molecule has 0 aliphatic heterocycles. The van der Waals surface area contributed by atoms with Crippen molar-refractivity contribution in [3.8, 4) is 6.07 Å². The lowest BCUT2D eigenvalue weighted by molar-refractivity contribution is 0.225. The Balaban J connectivity index is 1.85. The minimum atomic E-state index is 0.592. The summed E-state index contributed by atoms with van der Waals surface area (Å²) in [6.45, 7) is 1.63. The normalized spacial score (nSPS) is 16.8. The van der Waals surface area contributed by atoms with Gasteiger partial charge in [-0.2, -0.15) is 16.6 Å². The summed E-state index contributed by atoms with van der Waals surface area (Å²) in [6.07, 6.45) is 6.33. The second-order valence-electron chi connectivity index (χ2n) is 4.45. The molecule has 3 heteroatoms. The molecule has 0 bridgehead atoms. The van der Waals surface area contributed by atoms with E-state index in [4.69, 9.17) is 5.26 Å². The van der Waals surface area contributed by atoms with Crippen LogP contribution in [0, 0.1) is 11.3 Å². The Morgan fingerprint density at radius 2 is 2.25 bits per heavy atom. The summed E-state index contributed by atoms with van der Waals surface area (Å²) >= 11 is 1.75. The third-order valence-corrected chi connectivity index (χ3v) is 4.11. The van der Waals surface area contributed by atoms with E-state index in [1.165, 1.54) is 31.2 Å². The molecule has 0 spiro atoms. The molecule has 0 N–H and O–H groups in total. The molecule has 2 rings (SSSR count). The van der Waals surface area contributed by atoms with E-state index in [-0.39, 0.29) is 0 Å². The molecule has 86 valence electrons. The Hall–Kier alpha value is -0.850. The van der Waals surface area contributed by atoms with Crippen molar-refractivity contribution in [3.05, 3.63) is 22.4 Å². The highest BCUT2D eigenvalue weighted by atomic mass is 32.1. The predicted octanol–water partition coefficient (Wildman–Crippen LogP) is 3.06. The summed E-state index contributed by atoms with van der Waals surface area (Å²) in [7, 11) is 0. The lowest BCUT2D eigenvalue weighted by Gasteiger charge is -2.25. The zero-order chi connectivity index (χ0) is 11.2. The smallest absolute Gasteiger partial charge is 0.0868 e. The molecular weight excluding hydrogens is 216 g/mol. The maximum Gasteiger partial charge on any atom is 0.0868 e. The fraction of sp³-hybridized carbons (Fsp3) is 0.615. The largest absolute Gasteiger partial charge is 0.287 e. The summed E-state index contributed by atoms with van der Waals surface area (Å²) < 4.78 is 0. The SMILES string of the molecule is N#CCN(CCc1ccsc1)C1CCCC1. The van der Waals surface area contributed by atoms with E-state index in [2.05, 4.69) is 27.8 Å². The van der Waals surface area contributed by atoms with Crippen molar-refractivity contribution in [2.45, 2.75) is 38.1 Å². The maximum atomic E-state index is 8.86. The van der Waals surface area contributed by atoms with Gasteiger partial charge in [-0.1, -0.05) is 12.8 Å². The number of nitrogens with zero attached hydrogens (tertiary/aromatic N) is 2. The van der Waals surface area contributed by atoms with Gasteiger partial charge in [0.2, 0.25) is 0 Å². The van der Waals surface area contributed by atoms with Crippen molar-refractivity contribution in [1.82, 2.24) is 4.90 Å². The van der Waals surface area contributed by atoms with Crippen molar-refractivity contribution in [2.75, 3.05) is 13.1 Å². The second-order valence-corrected chi connectivity index (χ2v) is 5.23. The van der Waals surface area contributed by atoms with Crippen molar-refractivity contribution >= 4 is 11.3 Å². The molecule has 16 heavy (non-hydrogen) atoms. The topological polar surface area (TPSA) is 27.0 Å². The number of hydrogen-bond donors (Lipinski definition) is 0. The summed E-state index contributed by atoms with van der Waals surface area (Å²) in [5, 5.41) is 13.2. The van der Waals surface area contributed by atoms with E-state index in [9.17, 15) is 0 Å². The van der Waals surface area contributed by atoms with Crippen molar-refractivity contribution in [2.24, 2.45) is 0 Å². The van der Waals surface area contributed by atoms with Crippen molar-refractivity contribution in [1.29, 1.82) is 5.26 Å². The molecule has 0 radical (unpaired) electrons. The fourth-order valence-electron chi connectivity index (χ4n) is 2.46. The second kappa shape index (κ2) is 6.03. The lowest BCUT2D eigenvalue weighted by atomic mass is 10.1. The predicted molar refractivity (Wildman–Crippen MR) is 67.5 cm³/mol. The van der Waals surface area contributed by atoms with Crippen LogP contribution in [0.25, 0.3) is 0 Å². The third kappa shape index (κ3) is 3.07. The van der Waals surface area contributed by atoms with E-state index in [1.807, 2.05) is 0 Å². The van der Waals surface area contributed by atoms with Crippen LogP contribution in [0.1, 0.15) is 31.2 Å². The zero-order valence-corrected chi connectivity index (χ0v) is 10.4. The first-order valence-corrected chi connectivity index (χ1v) is 6.96. The first-order valence-electron chi connectivity index (χ1n) is 6.02. The van der Waals surface area contributed by atoms with Gasteiger partial charge in [-0.05, 0) is 41.7 Å². The van der Waals surface area contributed by atoms with Gasteiger partial charge in [-0.15, -0.1) is 0 Å². The molecule has 0 amide bonds. The minimum Gasteiger partial charge on any atom is -0.287 e. The molecule has 1 aromatic rings. The van der Waals surface area contributed by atoms with E-state index in [0.717, 1.165) is 13.0 Å². The summed E-state index contributed by atoms with van der Waals surface area (Å²) in [5.41, 5.74) is 1.41. The standard InChI is InChI=1S/C13H18N2S/c14-7-9-15(13-3-1-2-4-13)8-5-12-6-10-16-11-12/h6,10-11,13H,1-5,8-9H2. The van der Waals surface area contributed by atoms with E-state index < -0.39 is 0 Å². The molecule has 1 aliphatic carbocycles. The highest BCUT2D eigenvalue weighted by Gasteiger charge is 2.21. The lowest BCUT2D eigenvalue weighted by Crippen LogP contribution is -2.35. The Morgan fingerprint density at radius 3 is 2.88 bits per heavy atom. The van der Waals surface area contributed by atoms with Gasteiger partial charge in [0, 0.05) is 12.6 Å². The van der Waals surface area contributed by atoms with Gasteiger partial charge < -0.3 is 0 Å². The molecule has 0 unspecified atom stereocenters. The first kappa shape index (κ1) is 11.6. The van der Waals surface area contributed by atoms with Gasteiger partial charge in [0.1, 0.15) is 0 Å². The molecule has 1 aliphatic rings. The van der Waals surface area contributed by atoms with Gasteiger partial charge in [-0.3, -0.25) is 4.90 Å². The Labute approximate surface area is 102 Å². The van der Waals surface area contributed by atoms with Gasteiger partial charge in [0.25, 0.3) is 0 Å². The van der Waals surface area contributed by atoms with E-state index >= 15 is 0 Å². The first-order chi connectivity index (χ1) is 7.90. The number of rotatable bonds is 5. The van der Waals surface area contributed by atoms with Crippen molar-refractivity contribution in [3.63, 3.8) is 0 Å². The van der Waals surface area contributed by atoms with Crippen LogP contribution in [0.4, 0.5) is 0 Å². The Kier molecular flexibility index (Phi) is 4.38. The molecule has 0 saturated heterocycles. The van der Waals surface area contributed by atoms with E-state index in [1.54, 1.807) is 11.3 Å². The molecule has 0 aromatic carbocycles. The molecular formula is C13H18N2S. The monoisotopic (exact) mass is 234 g/mol. The summed E-state index contributed by atoms with van der Waals surface area (Å²) in [4.78, 5) is 2.37. The van der Waals surface area contributed by atoms with Crippen LogP contribution in [-0.2, 0) is 6.42 Å². The molecule has 1 heterocycles. The zero-order valence-electron chi connectivity index (χ0n) is 9.56. The molecule has 2 nitrogen and oxygen atoms in total. The van der Waals surface area contributed by atoms with Crippen LogP contribution in [-0.4, -0.2) is 24.0 Å². The van der Waals surface area contributed by atoms with Crippen LogP contribution in [0.3, 0.4) is 0 Å². The van der Waals surface area contributed by atoms with Gasteiger partial charge >= 0.3 is 0 Å². The molecule has 1 fully saturated rings. The van der Waals surface area contributed by atoms with Crippen LogP contribution in [0.5, 0.6) is 0 Å². The van der Waals surface area contributed by atoms with E-state index in [0.29, 0.717) is 12.6 Å². The van der Waals surface area contributed by atoms with Crippen LogP contribution in [0.15, 0.2) is 16.8 Å². The highest BCUT2D eigenvalue weighted by molar-refractivity contribution is 7.07.